The predicted octanol–water partition coefficient (Wildman–Crippen LogP) is 1.94. The Morgan fingerprint density at radius 3 is 2.15 bits per heavy atom. The van der Waals surface area contributed by atoms with Crippen LogP contribution in [0.3, 0.4) is 0 Å². The summed E-state index contributed by atoms with van der Waals surface area (Å²) in [6.07, 6.45) is 3.69. The SMILES string of the molecule is CCC(=O)N[C@H](Cc1ccc(CNC(=O)C(NC(=O)c2ccnn2CC)C2Cc3ccccc3C2)cc1)C(=O)N1CCN(C)CC1. The monoisotopic (exact) mass is 627 g/mol. The number of aromatic nitrogens is 2. The van der Waals surface area contributed by atoms with Crippen molar-refractivity contribution in [1.82, 2.24) is 35.5 Å². The molecular weight excluding hydrogens is 582 g/mol. The molecule has 2 aliphatic rings. The van der Waals surface area contributed by atoms with Crippen LogP contribution in [-0.4, -0.2) is 88.5 Å². The molecule has 4 amide bonds. The van der Waals surface area contributed by atoms with E-state index in [4.69, 9.17) is 0 Å². The largest absolute Gasteiger partial charge is 0.350 e. The molecular formula is C35H45N7O4. The van der Waals surface area contributed by atoms with Gasteiger partial charge in [0.25, 0.3) is 5.91 Å². The van der Waals surface area contributed by atoms with Gasteiger partial charge in [-0.2, -0.15) is 5.10 Å². The van der Waals surface area contributed by atoms with E-state index in [1.165, 1.54) is 11.1 Å². The van der Waals surface area contributed by atoms with E-state index in [0.29, 0.717) is 51.0 Å². The second-order valence-electron chi connectivity index (χ2n) is 12.3. The lowest BCUT2D eigenvalue weighted by molar-refractivity contribution is -0.137. The second kappa shape index (κ2) is 15.2. The zero-order chi connectivity index (χ0) is 32.6. The van der Waals surface area contributed by atoms with Crippen molar-refractivity contribution < 1.29 is 19.2 Å². The molecule has 5 rings (SSSR count). The summed E-state index contributed by atoms with van der Waals surface area (Å²) in [5, 5.41) is 13.2. The van der Waals surface area contributed by atoms with E-state index >= 15 is 0 Å². The number of amides is 4. The number of fused-ring (bicyclic) bond motifs is 1. The number of carbonyl (C=O) groups is 4. The lowest BCUT2D eigenvalue weighted by Crippen LogP contribution is -2.54. The molecule has 1 unspecified atom stereocenters. The molecule has 11 heteroatoms. The molecule has 244 valence electrons. The summed E-state index contributed by atoms with van der Waals surface area (Å²) in [7, 11) is 2.04. The summed E-state index contributed by atoms with van der Waals surface area (Å²) < 4.78 is 1.62. The Bertz CT molecular complexity index is 1500. The Morgan fingerprint density at radius 2 is 1.52 bits per heavy atom. The minimum Gasteiger partial charge on any atom is -0.350 e. The molecule has 1 aliphatic heterocycles. The fraction of sp³-hybridized carbons (Fsp3) is 0.457. The van der Waals surface area contributed by atoms with Gasteiger partial charge in [0.2, 0.25) is 17.7 Å². The molecule has 1 saturated heterocycles. The highest BCUT2D eigenvalue weighted by atomic mass is 16.2. The van der Waals surface area contributed by atoms with Gasteiger partial charge in [-0.05, 0) is 61.1 Å². The van der Waals surface area contributed by atoms with Gasteiger partial charge >= 0.3 is 0 Å². The van der Waals surface area contributed by atoms with Crippen LogP contribution in [0.25, 0.3) is 0 Å². The number of likely N-dealkylation sites (N-methyl/N-ethyl adjacent to an activating group) is 1. The highest BCUT2D eigenvalue weighted by Gasteiger charge is 2.35. The molecule has 46 heavy (non-hydrogen) atoms. The van der Waals surface area contributed by atoms with Crippen molar-refractivity contribution in [2.24, 2.45) is 5.92 Å². The third kappa shape index (κ3) is 8.00. The maximum Gasteiger partial charge on any atom is 0.270 e. The van der Waals surface area contributed by atoms with Gasteiger partial charge in [-0.15, -0.1) is 0 Å². The molecule has 0 bridgehead atoms. The summed E-state index contributed by atoms with van der Waals surface area (Å²) in [5.41, 5.74) is 4.63. The van der Waals surface area contributed by atoms with Gasteiger partial charge in [0.1, 0.15) is 17.8 Å². The number of hydrogen-bond acceptors (Lipinski definition) is 6. The molecule has 3 N–H and O–H groups in total. The van der Waals surface area contributed by atoms with Gasteiger partial charge in [0.15, 0.2) is 0 Å². The highest BCUT2D eigenvalue weighted by molar-refractivity contribution is 5.96. The van der Waals surface area contributed by atoms with Gasteiger partial charge in [0, 0.05) is 58.3 Å². The smallest absolute Gasteiger partial charge is 0.270 e. The maximum absolute atomic E-state index is 13.7. The number of aryl methyl sites for hydroxylation is 1. The average molecular weight is 628 g/mol. The molecule has 1 fully saturated rings. The van der Waals surface area contributed by atoms with Crippen LogP contribution < -0.4 is 16.0 Å². The number of rotatable bonds is 12. The molecule has 1 aliphatic carbocycles. The minimum atomic E-state index is -0.720. The number of nitrogens with one attached hydrogen (secondary N) is 3. The zero-order valence-electron chi connectivity index (χ0n) is 27.0. The van der Waals surface area contributed by atoms with E-state index in [0.717, 1.165) is 24.2 Å². The van der Waals surface area contributed by atoms with Crippen LogP contribution in [-0.2, 0) is 46.7 Å². The van der Waals surface area contributed by atoms with E-state index in [9.17, 15) is 19.2 Å². The summed E-state index contributed by atoms with van der Waals surface area (Å²) in [6.45, 7) is 7.43. The summed E-state index contributed by atoms with van der Waals surface area (Å²) in [6, 6.07) is 16.2. The van der Waals surface area contributed by atoms with E-state index in [-0.39, 0.29) is 36.1 Å². The van der Waals surface area contributed by atoms with Gasteiger partial charge in [-0.3, -0.25) is 23.9 Å². The second-order valence-corrected chi connectivity index (χ2v) is 12.3. The van der Waals surface area contributed by atoms with Crippen LogP contribution in [0.1, 0.15) is 53.0 Å². The van der Waals surface area contributed by atoms with Crippen molar-refractivity contribution in [3.63, 3.8) is 0 Å². The number of benzene rings is 2. The predicted molar refractivity (Wildman–Crippen MR) is 175 cm³/mol. The standard InChI is InChI=1S/C35H45N7O4/c1-4-31(43)38-29(35(46)41-18-16-40(3)17-19-41)20-24-10-12-25(13-11-24)23-36-34(45)32(28-21-26-8-6-7-9-27(26)22-28)39-33(44)30-14-15-37-42(30)5-2/h6-15,28-29,32H,4-5,16-23H2,1-3H3,(H,36,45)(H,38,43)(H,39,44)/t29-,32?/m1/s1. The van der Waals surface area contributed by atoms with E-state index in [1.54, 1.807) is 23.9 Å². The lowest BCUT2D eigenvalue weighted by Gasteiger charge is -2.34. The summed E-state index contributed by atoms with van der Waals surface area (Å²) in [5.74, 6) is -0.850. The number of nitrogens with zero attached hydrogens (tertiary/aromatic N) is 4. The third-order valence-electron chi connectivity index (χ3n) is 9.07. The highest BCUT2D eigenvalue weighted by Crippen LogP contribution is 2.29. The van der Waals surface area contributed by atoms with E-state index in [1.807, 2.05) is 55.3 Å². The van der Waals surface area contributed by atoms with Gasteiger partial charge in [-0.1, -0.05) is 55.5 Å². The molecule has 1 aromatic heterocycles. The van der Waals surface area contributed by atoms with Crippen LogP contribution in [0.2, 0.25) is 0 Å². The quantitative estimate of drug-likeness (QED) is 0.282. The van der Waals surface area contributed by atoms with Crippen LogP contribution in [0.5, 0.6) is 0 Å². The van der Waals surface area contributed by atoms with Crippen LogP contribution in [0.4, 0.5) is 0 Å². The summed E-state index contributed by atoms with van der Waals surface area (Å²) in [4.78, 5) is 56.6. The van der Waals surface area contributed by atoms with Gasteiger partial charge in [0.05, 0.1) is 0 Å². The fourth-order valence-corrected chi connectivity index (χ4v) is 6.29. The average Bonchev–Trinajstić information content (AvgIpc) is 3.74. The molecule has 2 atom stereocenters. The van der Waals surface area contributed by atoms with Gasteiger partial charge < -0.3 is 25.8 Å². The summed E-state index contributed by atoms with van der Waals surface area (Å²) >= 11 is 0. The van der Waals surface area contributed by atoms with Gasteiger partial charge in [-0.25, -0.2) is 0 Å². The number of carbonyl (C=O) groups excluding carboxylic acids is 4. The first-order chi connectivity index (χ1) is 22.2. The van der Waals surface area contributed by atoms with Crippen molar-refractivity contribution >= 4 is 23.6 Å². The molecule has 2 aromatic carbocycles. The molecule has 3 aromatic rings. The Hall–Kier alpha value is -4.51. The van der Waals surface area contributed by atoms with Crippen LogP contribution in [0.15, 0.2) is 60.8 Å². The van der Waals surface area contributed by atoms with E-state index < -0.39 is 12.1 Å². The lowest BCUT2D eigenvalue weighted by atomic mass is 9.95. The van der Waals surface area contributed by atoms with Crippen molar-refractivity contribution in [1.29, 1.82) is 0 Å². The first kappa shape index (κ1) is 32.9. The van der Waals surface area contributed by atoms with Crippen LogP contribution in [0, 0.1) is 5.92 Å². The molecule has 0 saturated carbocycles. The Kier molecular flexibility index (Phi) is 10.8. The molecule has 11 nitrogen and oxygen atoms in total. The van der Waals surface area contributed by atoms with E-state index in [2.05, 4.69) is 38.1 Å². The number of hydrogen-bond donors (Lipinski definition) is 3. The minimum absolute atomic E-state index is 0.0598. The topological polar surface area (TPSA) is 129 Å². The zero-order valence-corrected chi connectivity index (χ0v) is 27.0. The Labute approximate surface area is 270 Å². The first-order valence-electron chi connectivity index (χ1n) is 16.3. The Morgan fingerprint density at radius 1 is 0.870 bits per heavy atom. The third-order valence-corrected chi connectivity index (χ3v) is 9.07. The normalized spacial score (nSPS) is 16.4. The van der Waals surface area contributed by atoms with Crippen molar-refractivity contribution in [2.45, 2.75) is 64.7 Å². The van der Waals surface area contributed by atoms with Crippen molar-refractivity contribution in [3.05, 3.63) is 88.7 Å². The Balaban J connectivity index is 1.23. The fourth-order valence-electron chi connectivity index (χ4n) is 6.29. The molecule has 0 spiro atoms. The number of piperazine rings is 1. The van der Waals surface area contributed by atoms with Crippen molar-refractivity contribution in [2.75, 3.05) is 33.2 Å². The van der Waals surface area contributed by atoms with Crippen LogP contribution >= 0.6 is 0 Å². The molecule has 0 radical (unpaired) electrons. The maximum atomic E-state index is 13.7. The first-order valence-corrected chi connectivity index (χ1v) is 16.3. The van der Waals surface area contributed by atoms with Crippen molar-refractivity contribution in [3.8, 4) is 0 Å². The molecule has 2 heterocycles.